The lowest BCUT2D eigenvalue weighted by Gasteiger charge is -2.15. The van der Waals surface area contributed by atoms with Crippen molar-refractivity contribution in [2.75, 3.05) is 18.5 Å². The number of rotatable bonds is 8. The lowest BCUT2D eigenvalue weighted by atomic mass is 10.1. The average Bonchev–Trinajstić information content (AvgIpc) is 2.61. The van der Waals surface area contributed by atoms with Crippen molar-refractivity contribution < 1.29 is 19.2 Å². The van der Waals surface area contributed by atoms with Crippen LogP contribution in [0.1, 0.15) is 30.6 Å². The van der Waals surface area contributed by atoms with Gasteiger partial charge in [-0.15, -0.1) is 0 Å². The van der Waals surface area contributed by atoms with Crippen LogP contribution in [0.4, 0.5) is 11.4 Å². The summed E-state index contributed by atoms with van der Waals surface area (Å²) in [7, 11) is 0. The van der Waals surface area contributed by atoms with Crippen LogP contribution in [0.5, 0.6) is 11.5 Å². The van der Waals surface area contributed by atoms with Crippen molar-refractivity contribution in [3.05, 3.63) is 57.1 Å². The maximum Gasteiger partial charge on any atom is 0.269 e. The molecule has 2 aromatic carbocycles. The molecule has 2 rings (SSSR count). The van der Waals surface area contributed by atoms with Gasteiger partial charge in [-0.2, -0.15) is 0 Å². The van der Waals surface area contributed by atoms with Crippen LogP contribution in [0.3, 0.4) is 0 Å². The second kappa shape index (κ2) is 9.05. The molecule has 0 radical (unpaired) electrons. The molecule has 0 unspecified atom stereocenters. The zero-order chi connectivity index (χ0) is 19.1. The Bertz CT molecular complexity index is 793. The van der Waals surface area contributed by atoms with Crippen molar-refractivity contribution in [2.45, 2.75) is 20.3 Å². The smallest absolute Gasteiger partial charge is 0.269 e. The van der Waals surface area contributed by atoms with Crippen molar-refractivity contribution in [1.29, 1.82) is 0 Å². The van der Waals surface area contributed by atoms with Crippen LogP contribution in [0.25, 0.3) is 0 Å². The Morgan fingerprint density at radius 1 is 1.19 bits per heavy atom. The monoisotopic (exact) mass is 378 g/mol. The second-order valence-electron chi connectivity index (χ2n) is 5.32. The first-order valence-corrected chi connectivity index (χ1v) is 8.49. The fraction of sp³-hybridized carbons (Fsp3) is 0.278. The van der Waals surface area contributed by atoms with Crippen LogP contribution < -0.4 is 14.8 Å². The van der Waals surface area contributed by atoms with Crippen molar-refractivity contribution in [3.8, 4) is 11.5 Å². The van der Waals surface area contributed by atoms with E-state index in [0.717, 1.165) is 6.42 Å². The molecule has 7 nitrogen and oxygen atoms in total. The first-order chi connectivity index (χ1) is 12.5. The molecule has 0 heterocycles. The van der Waals surface area contributed by atoms with Gasteiger partial charge in [0.15, 0.2) is 11.5 Å². The van der Waals surface area contributed by atoms with E-state index in [4.69, 9.17) is 21.1 Å². The highest BCUT2D eigenvalue weighted by atomic mass is 35.5. The zero-order valence-corrected chi connectivity index (χ0v) is 15.2. The van der Waals surface area contributed by atoms with E-state index in [9.17, 15) is 14.9 Å². The normalized spacial score (nSPS) is 10.3. The summed E-state index contributed by atoms with van der Waals surface area (Å²) in [6.45, 7) is 4.67. The summed E-state index contributed by atoms with van der Waals surface area (Å²) in [5, 5.41) is 13.6. The topological polar surface area (TPSA) is 90.7 Å². The first kappa shape index (κ1) is 19.5. The van der Waals surface area contributed by atoms with Gasteiger partial charge in [0, 0.05) is 23.4 Å². The van der Waals surface area contributed by atoms with E-state index in [1.807, 2.05) is 13.8 Å². The molecule has 1 amide bonds. The number of nitro benzene ring substituents is 1. The van der Waals surface area contributed by atoms with Gasteiger partial charge >= 0.3 is 0 Å². The summed E-state index contributed by atoms with van der Waals surface area (Å²) in [5.74, 6) is 0.383. The van der Waals surface area contributed by atoms with E-state index in [0.29, 0.717) is 36.0 Å². The van der Waals surface area contributed by atoms with Gasteiger partial charge in [0.1, 0.15) is 0 Å². The highest BCUT2D eigenvalue weighted by Gasteiger charge is 2.17. The molecule has 0 saturated heterocycles. The molecular weight excluding hydrogens is 360 g/mol. The molecule has 0 fully saturated rings. The summed E-state index contributed by atoms with van der Waals surface area (Å²) >= 11 is 6.25. The summed E-state index contributed by atoms with van der Waals surface area (Å²) in [4.78, 5) is 22.6. The third-order valence-electron chi connectivity index (χ3n) is 3.36. The number of nitrogens with one attached hydrogen (secondary N) is 1. The molecule has 0 saturated carbocycles. The molecule has 8 heteroatoms. The van der Waals surface area contributed by atoms with Gasteiger partial charge in [-0.05, 0) is 37.6 Å². The predicted molar refractivity (Wildman–Crippen MR) is 99.5 cm³/mol. The summed E-state index contributed by atoms with van der Waals surface area (Å²) in [6.07, 6.45) is 0.810. The number of nitrogens with zero attached hydrogens (tertiary/aromatic N) is 1. The van der Waals surface area contributed by atoms with Crippen molar-refractivity contribution in [1.82, 2.24) is 0 Å². The summed E-state index contributed by atoms with van der Waals surface area (Å²) in [6, 6.07) is 8.60. The van der Waals surface area contributed by atoms with Gasteiger partial charge in [0.2, 0.25) is 0 Å². The van der Waals surface area contributed by atoms with Gasteiger partial charge < -0.3 is 14.8 Å². The number of ether oxygens (including phenoxy) is 2. The number of halogens is 1. The van der Waals surface area contributed by atoms with Crippen molar-refractivity contribution in [3.63, 3.8) is 0 Å². The van der Waals surface area contributed by atoms with E-state index in [1.54, 1.807) is 6.07 Å². The molecule has 0 aliphatic carbocycles. The maximum absolute atomic E-state index is 12.5. The number of nitro groups is 1. The minimum atomic E-state index is -0.505. The predicted octanol–water partition coefficient (Wildman–Crippen LogP) is 4.69. The van der Waals surface area contributed by atoms with Gasteiger partial charge in [-0.1, -0.05) is 18.5 Å². The number of hydrogen-bond acceptors (Lipinski definition) is 5. The lowest BCUT2D eigenvalue weighted by Crippen LogP contribution is -2.12. The highest BCUT2D eigenvalue weighted by molar-refractivity contribution is 6.32. The molecule has 2 aromatic rings. The number of anilines is 1. The minimum absolute atomic E-state index is 0.0536. The maximum atomic E-state index is 12.5. The van der Waals surface area contributed by atoms with Crippen LogP contribution in [-0.4, -0.2) is 24.0 Å². The Kier molecular flexibility index (Phi) is 6.80. The lowest BCUT2D eigenvalue weighted by molar-refractivity contribution is -0.384. The Morgan fingerprint density at radius 3 is 2.46 bits per heavy atom. The fourth-order valence-corrected chi connectivity index (χ4v) is 2.44. The second-order valence-corrected chi connectivity index (χ2v) is 5.73. The van der Waals surface area contributed by atoms with Crippen molar-refractivity contribution in [2.24, 2.45) is 0 Å². The molecule has 0 spiro atoms. The SMILES string of the molecule is CCCOc1c(Cl)cc(C(=O)Nc2ccc([N+](=O)[O-])cc2)cc1OCC. The quantitative estimate of drug-likeness (QED) is 0.531. The number of carbonyl (C=O) groups excluding carboxylic acids is 1. The van der Waals surface area contributed by atoms with Crippen molar-refractivity contribution >= 4 is 28.9 Å². The minimum Gasteiger partial charge on any atom is -0.490 e. The molecular formula is C18H19ClN2O5. The summed E-state index contributed by atoms with van der Waals surface area (Å²) < 4.78 is 11.1. The number of benzene rings is 2. The number of carbonyl (C=O) groups is 1. The molecule has 0 aromatic heterocycles. The van der Waals surface area contributed by atoms with Crippen LogP contribution in [0.2, 0.25) is 5.02 Å². The van der Waals surface area contributed by atoms with E-state index in [2.05, 4.69) is 5.32 Å². The summed E-state index contributed by atoms with van der Waals surface area (Å²) in [5.41, 5.74) is 0.670. The Hall–Kier alpha value is -2.80. The zero-order valence-electron chi connectivity index (χ0n) is 14.5. The Balaban J connectivity index is 2.23. The van der Waals surface area contributed by atoms with Crippen LogP contribution in [0.15, 0.2) is 36.4 Å². The molecule has 0 aliphatic heterocycles. The number of hydrogen-bond donors (Lipinski definition) is 1. The average molecular weight is 379 g/mol. The van der Waals surface area contributed by atoms with Gasteiger partial charge in [-0.3, -0.25) is 14.9 Å². The van der Waals surface area contributed by atoms with Crippen LogP contribution >= 0.6 is 11.6 Å². The largest absolute Gasteiger partial charge is 0.490 e. The highest BCUT2D eigenvalue weighted by Crippen LogP contribution is 2.37. The number of non-ortho nitro benzene ring substituents is 1. The molecule has 1 N–H and O–H groups in total. The Labute approximate surface area is 156 Å². The van der Waals surface area contributed by atoms with Gasteiger partial charge in [0.05, 0.1) is 23.2 Å². The van der Waals surface area contributed by atoms with Gasteiger partial charge in [0.25, 0.3) is 11.6 Å². The van der Waals surface area contributed by atoms with Crippen LogP contribution in [0, 0.1) is 10.1 Å². The molecule has 0 aliphatic rings. The Morgan fingerprint density at radius 2 is 1.88 bits per heavy atom. The van der Waals surface area contributed by atoms with E-state index in [1.165, 1.54) is 30.3 Å². The molecule has 0 bridgehead atoms. The number of amides is 1. The molecule has 0 atom stereocenters. The van der Waals surface area contributed by atoms with E-state index in [-0.39, 0.29) is 10.7 Å². The molecule has 138 valence electrons. The van der Waals surface area contributed by atoms with E-state index < -0.39 is 10.8 Å². The standard InChI is InChI=1S/C18H19ClN2O5/c1-3-9-26-17-15(19)10-12(11-16(17)25-4-2)18(22)20-13-5-7-14(8-6-13)21(23)24/h5-8,10-11H,3-4,9H2,1-2H3,(H,20,22). The third-order valence-corrected chi connectivity index (χ3v) is 3.64. The fourth-order valence-electron chi connectivity index (χ4n) is 2.18. The molecule has 26 heavy (non-hydrogen) atoms. The third kappa shape index (κ3) is 4.86. The van der Waals surface area contributed by atoms with E-state index >= 15 is 0 Å². The van der Waals surface area contributed by atoms with Gasteiger partial charge in [-0.25, -0.2) is 0 Å². The van der Waals surface area contributed by atoms with Crippen LogP contribution in [-0.2, 0) is 0 Å². The first-order valence-electron chi connectivity index (χ1n) is 8.11.